The van der Waals surface area contributed by atoms with Crippen LogP contribution in [0.3, 0.4) is 0 Å². The number of hydrogen-bond donors (Lipinski definition) is 1. The summed E-state index contributed by atoms with van der Waals surface area (Å²) in [6.07, 6.45) is 3.31. The molecule has 0 amide bonds. The summed E-state index contributed by atoms with van der Waals surface area (Å²) in [5.74, 6) is 0.729. The molecule has 0 unspecified atom stereocenters. The van der Waals surface area contributed by atoms with Gasteiger partial charge in [0.2, 0.25) is 0 Å². The van der Waals surface area contributed by atoms with Crippen molar-refractivity contribution in [3.05, 3.63) is 0 Å². The summed E-state index contributed by atoms with van der Waals surface area (Å²) in [6.45, 7) is 7.27. The largest absolute Gasteiger partial charge is 0.389 e. The maximum atomic E-state index is 10.8. The van der Waals surface area contributed by atoms with Crippen molar-refractivity contribution in [2.24, 2.45) is 11.8 Å². The standard InChI is InChI=1S/C13H22O3/c1-8-11-4-9(12(2,3)16-11)5-13(8,14)6-10-7-15-10/h8-11,14H,4-7H2,1-3H3/t8-,9+,10+,11-,13-/m0/s1. The maximum absolute atomic E-state index is 10.8. The lowest BCUT2D eigenvalue weighted by molar-refractivity contribution is -0.0964. The lowest BCUT2D eigenvalue weighted by atomic mass is 9.67. The topological polar surface area (TPSA) is 42.0 Å². The Morgan fingerprint density at radius 1 is 1.38 bits per heavy atom. The average molecular weight is 226 g/mol. The van der Waals surface area contributed by atoms with E-state index in [1.807, 2.05) is 0 Å². The lowest BCUT2D eigenvalue weighted by Gasteiger charge is -2.41. The molecular weight excluding hydrogens is 204 g/mol. The van der Waals surface area contributed by atoms with Crippen molar-refractivity contribution in [2.45, 2.75) is 63.4 Å². The van der Waals surface area contributed by atoms with E-state index >= 15 is 0 Å². The second-order valence-corrected chi connectivity index (χ2v) is 6.45. The zero-order valence-electron chi connectivity index (χ0n) is 10.4. The van der Waals surface area contributed by atoms with Gasteiger partial charge in [-0.1, -0.05) is 6.92 Å². The van der Waals surface area contributed by atoms with Crippen molar-refractivity contribution in [3.8, 4) is 0 Å². The van der Waals surface area contributed by atoms with Gasteiger partial charge >= 0.3 is 0 Å². The van der Waals surface area contributed by atoms with E-state index in [9.17, 15) is 5.11 Å². The number of rotatable bonds is 2. The van der Waals surface area contributed by atoms with E-state index in [2.05, 4.69) is 20.8 Å². The van der Waals surface area contributed by atoms with Crippen LogP contribution in [0.1, 0.15) is 40.0 Å². The lowest BCUT2D eigenvalue weighted by Crippen LogP contribution is -2.47. The van der Waals surface area contributed by atoms with E-state index in [0.717, 1.165) is 25.9 Å². The monoisotopic (exact) mass is 226 g/mol. The smallest absolute Gasteiger partial charge is 0.0837 e. The molecule has 0 radical (unpaired) electrons. The Hall–Kier alpha value is -0.120. The summed E-state index contributed by atoms with van der Waals surface area (Å²) in [5, 5.41) is 10.8. The van der Waals surface area contributed by atoms with Gasteiger partial charge in [0.25, 0.3) is 0 Å². The van der Waals surface area contributed by atoms with Crippen molar-refractivity contribution in [1.29, 1.82) is 0 Å². The van der Waals surface area contributed by atoms with Crippen LogP contribution in [0.15, 0.2) is 0 Å². The second kappa shape index (κ2) is 3.21. The van der Waals surface area contributed by atoms with Crippen molar-refractivity contribution in [3.63, 3.8) is 0 Å². The summed E-state index contributed by atoms with van der Waals surface area (Å²) in [6, 6.07) is 0. The van der Waals surface area contributed by atoms with Crippen LogP contribution in [-0.2, 0) is 9.47 Å². The zero-order chi connectivity index (χ0) is 11.6. The summed E-state index contributed by atoms with van der Waals surface area (Å²) < 4.78 is 11.3. The Morgan fingerprint density at radius 2 is 2.06 bits per heavy atom. The third-order valence-corrected chi connectivity index (χ3v) is 4.94. The number of hydrogen-bond acceptors (Lipinski definition) is 3. The third-order valence-electron chi connectivity index (χ3n) is 4.94. The molecule has 2 aliphatic heterocycles. The first-order chi connectivity index (χ1) is 7.41. The first kappa shape index (κ1) is 11.0. The Morgan fingerprint density at radius 3 is 2.69 bits per heavy atom. The minimum atomic E-state index is -0.567. The molecule has 1 aliphatic carbocycles. The maximum Gasteiger partial charge on any atom is 0.0837 e. The summed E-state index contributed by atoms with van der Waals surface area (Å²) in [5.41, 5.74) is -0.629. The fourth-order valence-corrected chi connectivity index (χ4v) is 3.54. The van der Waals surface area contributed by atoms with E-state index in [1.54, 1.807) is 0 Å². The molecule has 3 nitrogen and oxygen atoms in total. The molecular formula is C13H22O3. The van der Waals surface area contributed by atoms with Crippen LogP contribution in [0.2, 0.25) is 0 Å². The van der Waals surface area contributed by atoms with Crippen LogP contribution in [-0.4, -0.2) is 35.1 Å². The third kappa shape index (κ3) is 1.60. The normalized spacial score (nSPS) is 54.0. The average Bonchev–Trinajstić information content (AvgIpc) is 2.91. The van der Waals surface area contributed by atoms with Crippen molar-refractivity contribution < 1.29 is 14.6 Å². The van der Waals surface area contributed by atoms with Gasteiger partial charge in [-0.15, -0.1) is 0 Å². The molecule has 1 saturated carbocycles. The van der Waals surface area contributed by atoms with Crippen molar-refractivity contribution in [1.82, 2.24) is 0 Å². The van der Waals surface area contributed by atoms with Gasteiger partial charge in [0.05, 0.1) is 30.0 Å². The van der Waals surface area contributed by atoms with E-state index in [-0.39, 0.29) is 17.6 Å². The molecule has 0 aromatic heterocycles. The quantitative estimate of drug-likeness (QED) is 0.729. The molecule has 0 spiro atoms. The van der Waals surface area contributed by atoms with Gasteiger partial charge in [-0.2, -0.15) is 0 Å². The van der Waals surface area contributed by atoms with Crippen LogP contribution in [0, 0.1) is 11.8 Å². The highest BCUT2D eigenvalue weighted by atomic mass is 16.6. The number of ether oxygens (including phenoxy) is 2. The van der Waals surface area contributed by atoms with E-state index in [1.165, 1.54) is 0 Å². The molecule has 1 N–H and O–H groups in total. The zero-order valence-corrected chi connectivity index (χ0v) is 10.4. The molecule has 2 heterocycles. The first-order valence-corrected chi connectivity index (χ1v) is 6.42. The van der Waals surface area contributed by atoms with E-state index < -0.39 is 5.60 Å². The van der Waals surface area contributed by atoms with Gasteiger partial charge in [0.15, 0.2) is 0 Å². The van der Waals surface area contributed by atoms with Gasteiger partial charge in [0.1, 0.15) is 0 Å². The predicted octanol–water partition coefficient (Wildman–Crippen LogP) is 1.73. The summed E-state index contributed by atoms with van der Waals surface area (Å²) in [7, 11) is 0. The fraction of sp³-hybridized carbons (Fsp3) is 1.00. The second-order valence-electron chi connectivity index (χ2n) is 6.45. The molecule has 5 atom stereocenters. The van der Waals surface area contributed by atoms with Crippen LogP contribution in [0.25, 0.3) is 0 Å². The number of fused-ring (bicyclic) bond motifs is 2. The molecule has 0 aromatic rings. The molecule has 3 fully saturated rings. The van der Waals surface area contributed by atoms with Crippen LogP contribution in [0.4, 0.5) is 0 Å². The highest BCUT2D eigenvalue weighted by molar-refractivity contribution is 5.06. The molecule has 0 aromatic carbocycles. The van der Waals surface area contributed by atoms with Crippen molar-refractivity contribution >= 4 is 0 Å². The Balaban J connectivity index is 1.81. The van der Waals surface area contributed by atoms with E-state index in [4.69, 9.17) is 9.47 Å². The number of aliphatic hydroxyl groups is 1. The van der Waals surface area contributed by atoms with Crippen LogP contribution < -0.4 is 0 Å². The molecule has 16 heavy (non-hydrogen) atoms. The van der Waals surface area contributed by atoms with Gasteiger partial charge in [-0.05, 0) is 32.6 Å². The Kier molecular flexibility index (Phi) is 2.21. The number of epoxide rings is 1. The van der Waals surface area contributed by atoms with Crippen LogP contribution in [0.5, 0.6) is 0 Å². The highest BCUT2D eigenvalue weighted by Crippen LogP contribution is 2.52. The fourth-order valence-electron chi connectivity index (χ4n) is 3.54. The SMILES string of the molecule is C[C@H]1[C@@H]2C[C@H](C[C@]1(O)C[C@@H]1CO1)C(C)(C)O2. The van der Waals surface area contributed by atoms with Gasteiger partial charge in [0, 0.05) is 12.3 Å². The summed E-state index contributed by atoms with van der Waals surface area (Å²) >= 11 is 0. The molecule has 3 rings (SSSR count). The minimum absolute atomic E-state index is 0.0617. The first-order valence-electron chi connectivity index (χ1n) is 6.42. The molecule has 92 valence electrons. The molecule has 3 aliphatic rings. The van der Waals surface area contributed by atoms with Crippen molar-refractivity contribution in [2.75, 3.05) is 6.61 Å². The van der Waals surface area contributed by atoms with Gasteiger partial charge < -0.3 is 14.6 Å². The highest BCUT2D eigenvalue weighted by Gasteiger charge is 2.56. The van der Waals surface area contributed by atoms with Crippen LogP contribution >= 0.6 is 0 Å². The molecule has 2 saturated heterocycles. The molecule has 3 heteroatoms. The minimum Gasteiger partial charge on any atom is -0.389 e. The Labute approximate surface area is 97.1 Å². The van der Waals surface area contributed by atoms with Gasteiger partial charge in [-0.3, -0.25) is 0 Å². The van der Waals surface area contributed by atoms with E-state index in [0.29, 0.717) is 12.0 Å². The summed E-state index contributed by atoms with van der Waals surface area (Å²) in [4.78, 5) is 0. The van der Waals surface area contributed by atoms with Gasteiger partial charge in [-0.25, -0.2) is 0 Å². The predicted molar refractivity (Wildman–Crippen MR) is 60.1 cm³/mol. The Bertz CT molecular complexity index is 298. The molecule has 2 bridgehead atoms.